The van der Waals surface area contributed by atoms with E-state index in [1.54, 1.807) is 0 Å². The minimum atomic E-state index is -4.33. The van der Waals surface area contributed by atoms with Gasteiger partial charge in [-0.3, -0.25) is 0 Å². The van der Waals surface area contributed by atoms with E-state index in [0.29, 0.717) is 12.4 Å². The minimum Gasteiger partial charge on any atom is -0.352 e. The monoisotopic (exact) mass is 259 g/mol. The van der Waals surface area contributed by atoms with Crippen LogP contribution in [0, 0.1) is 0 Å². The molecule has 1 aliphatic rings. The average Bonchev–Trinajstić information content (AvgIpc) is 2.38. The van der Waals surface area contributed by atoms with Crippen molar-refractivity contribution in [1.29, 1.82) is 0 Å². The zero-order valence-corrected chi connectivity index (χ0v) is 9.95. The fraction of sp³-hybridized carbons (Fsp3) is 0.583. The first-order chi connectivity index (χ1) is 8.52. The van der Waals surface area contributed by atoms with Gasteiger partial charge in [0.25, 0.3) is 0 Å². The van der Waals surface area contributed by atoms with E-state index in [9.17, 15) is 13.2 Å². The molecule has 0 saturated carbocycles. The molecule has 1 unspecified atom stereocenters. The molecule has 1 aliphatic heterocycles. The van der Waals surface area contributed by atoms with E-state index in [1.165, 1.54) is 6.20 Å². The number of nitrogens with two attached hydrogens (primary N) is 1. The van der Waals surface area contributed by atoms with Crippen LogP contribution in [0.2, 0.25) is 0 Å². The maximum absolute atomic E-state index is 12.6. The van der Waals surface area contributed by atoms with E-state index in [1.807, 2.05) is 4.90 Å². The summed E-state index contributed by atoms with van der Waals surface area (Å²) in [6.07, 6.45) is -0.174. The molecule has 1 saturated heterocycles. The van der Waals surface area contributed by atoms with Gasteiger partial charge in [0, 0.05) is 25.3 Å². The van der Waals surface area contributed by atoms with Gasteiger partial charge in [-0.25, -0.2) is 4.98 Å². The van der Waals surface area contributed by atoms with Crippen molar-refractivity contribution in [3.8, 4) is 0 Å². The Labute approximate surface area is 104 Å². The van der Waals surface area contributed by atoms with Crippen molar-refractivity contribution in [2.24, 2.45) is 5.73 Å². The zero-order valence-electron chi connectivity index (χ0n) is 9.95. The number of alkyl halides is 3. The SMILES string of the molecule is NCC1CCCCN1c1cc(C(F)(F)F)ccn1. The van der Waals surface area contributed by atoms with Gasteiger partial charge in [0.05, 0.1) is 5.56 Å². The molecule has 0 spiro atoms. The van der Waals surface area contributed by atoms with Crippen molar-refractivity contribution in [3.63, 3.8) is 0 Å². The number of nitrogens with zero attached hydrogens (tertiary/aromatic N) is 2. The second-order valence-corrected chi connectivity index (χ2v) is 4.48. The second-order valence-electron chi connectivity index (χ2n) is 4.48. The Kier molecular flexibility index (Phi) is 3.75. The smallest absolute Gasteiger partial charge is 0.352 e. The predicted octanol–water partition coefficient (Wildman–Crippen LogP) is 2.42. The summed E-state index contributed by atoms with van der Waals surface area (Å²) in [6, 6.07) is 2.19. The molecule has 0 radical (unpaired) electrons. The van der Waals surface area contributed by atoms with Gasteiger partial charge in [-0.2, -0.15) is 13.2 Å². The molecule has 6 heteroatoms. The molecule has 0 aromatic carbocycles. The lowest BCUT2D eigenvalue weighted by Gasteiger charge is -2.36. The molecule has 3 nitrogen and oxygen atoms in total. The third kappa shape index (κ3) is 2.75. The molecule has 100 valence electrons. The Balaban J connectivity index is 2.27. The number of halogens is 3. The molecule has 0 bridgehead atoms. The van der Waals surface area contributed by atoms with Crippen molar-refractivity contribution in [1.82, 2.24) is 4.98 Å². The van der Waals surface area contributed by atoms with Gasteiger partial charge >= 0.3 is 6.18 Å². The van der Waals surface area contributed by atoms with Gasteiger partial charge in [-0.05, 0) is 31.4 Å². The molecule has 18 heavy (non-hydrogen) atoms. The summed E-state index contributed by atoms with van der Waals surface area (Å²) in [5.74, 6) is 0.375. The zero-order chi connectivity index (χ0) is 13.2. The predicted molar refractivity (Wildman–Crippen MR) is 63.3 cm³/mol. The van der Waals surface area contributed by atoms with Crippen LogP contribution in [0.25, 0.3) is 0 Å². The standard InChI is InChI=1S/C12H16F3N3/c13-12(14,15)9-4-5-17-11(7-9)18-6-2-1-3-10(18)8-16/h4-5,7,10H,1-3,6,8,16H2. The molecule has 0 amide bonds. The molecule has 1 atom stereocenters. The Morgan fingerprint density at radius 3 is 2.83 bits per heavy atom. The van der Waals surface area contributed by atoms with Crippen LogP contribution in [0.3, 0.4) is 0 Å². The quantitative estimate of drug-likeness (QED) is 0.887. The summed E-state index contributed by atoms with van der Waals surface area (Å²) in [7, 11) is 0. The maximum atomic E-state index is 12.6. The molecule has 0 aliphatic carbocycles. The van der Waals surface area contributed by atoms with Crippen LogP contribution >= 0.6 is 0 Å². The van der Waals surface area contributed by atoms with Crippen LogP contribution in [0.15, 0.2) is 18.3 Å². The largest absolute Gasteiger partial charge is 0.416 e. The van der Waals surface area contributed by atoms with E-state index >= 15 is 0 Å². The Morgan fingerprint density at radius 2 is 2.17 bits per heavy atom. The van der Waals surface area contributed by atoms with Crippen molar-refractivity contribution >= 4 is 5.82 Å². The first-order valence-corrected chi connectivity index (χ1v) is 6.02. The van der Waals surface area contributed by atoms with Gasteiger partial charge in [0.2, 0.25) is 0 Å². The topological polar surface area (TPSA) is 42.1 Å². The highest BCUT2D eigenvalue weighted by Gasteiger charge is 2.32. The number of pyridine rings is 1. The first-order valence-electron chi connectivity index (χ1n) is 6.02. The number of hydrogen-bond acceptors (Lipinski definition) is 3. The highest BCUT2D eigenvalue weighted by molar-refractivity contribution is 5.43. The number of aromatic nitrogens is 1. The summed E-state index contributed by atoms with van der Waals surface area (Å²) >= 11 is 0. The van der Waals surface area contributed by atoms with Crippen molar-refractivity contribution in [2.45, 2.75) is 31.5 Å². The second kappa shape index (κ2) is 5.14. The lowest BCUT2D eigenvalue weighted by atomic mass is 10.0. The van der Waals surface area contributed by atoms with Crippen LogP contribution in [0.1, 0.15) is 24.8 Å². The molecule has 2 N–H and O–H groups in total. The van der Waals surface area contributed by atoms with Gasteiger partial charge in [-0.1, -0.05) is 0 Å². The molecular formula is C12H16F3N3. The van der Waals surface area contributed by atoms with Crippen molar-refractivity contribution < 1.29 is 13.2 Å². The van der Waals surface area contributed by atoms with Gasteiger partial charge < -0.3 is 10.6 Å². The van der Waals surface area contributed by atoms with Crippen LogP contribution in [-0.4, -0.2) is 24.1 Å². The first kappa shape index (κ1) is 13.1. The van der Waals surface area contributed by atoms with Crippen LogP contribution in [0.5, 0.6) is 0 Å². The minimum absolute atomic E-state index is 0.0923. The third-order valence-corrected chi connectivity index (χ3v) is 3.27. The normalized spacial score (nSPS) is 21.1. The fourth-order valence-electron chi connectivity index (χ4n) is 2.30. The van der Waals surface area contributed by atoms with E-state index in [4.69, 9.17) is 5.73 Å². The molecule has 2 rings (SSSR count). The number of rotatable bonds is 2. The lowest BCUT2D eigenvalue weighted by Crippen LogP contribution is -2.44. The molecule has 1 aromatic heterocycles. The Hall–Kier alpha value is -1.30. The molecule has 1 aromatic rings. The van der Waals surface area contributed by atoms with E-state index < -0.39 is 11.7 Å². The third-order valence-electron chi connectivity index (χ3n) is 3.27. The summed E-state index contributed by atoms with van der Waals surface area (Å²) in [4.78, 5) is 5.93. The Morgan fingerprint density at radius 1 is 1.39 bits per heavy atom. The van der Waals surface area contributed by atoms with Crippen LogP contribution in [-0.2, 0) is 6.18 Å². The van der Waals surface area contributed by atoms with E-state index in [-0.39, 0.29) is 6.04 Å². The highest BCUT2D eigenvalue weighted by Crippen LogP contribution is 2.32. The van der Waals surface area contributed by atoms with Gasteiger partial charge in [-0.15, -0.1) is 0 Å². The van der Waals surface area contributed by atoms with Crippen LogP contribution < -0.4 is 10.6 Å². The maximum Gasteiger partial charge on any atom is 0.416 e. The molecule has 1 fully saturated rings. The van der Waals surface area contributed by atoms with Crippen molar-refractivity contribution in [3.05, 3.63) is 23.9 Å². The highest BCUT2D eigenvalue weighted by atomic mass is 19.4. The molecular weight excluding hydrogens is 243 g/mol. The summed E-state index contributed by atoms with van der Waals surface area (Å²) in [6.45, 7) is 1.16. The van der Waals surface area contributed by atoms with Gasteiger partial charge in [0.1, 0.15) is 5.82 Å². The number of piperidine rings is 1. The Bertz CT molecular complexity index is 406. The van der Waals surface area contributed by atoms with E-state index in [2.05, 4.69) is 4.98 Å². The summed E-state index contributed by atoms with van der Waals surface area (Å²) in [5.41, 5.74) is 5.00. The summed E-state index contributed by atoms with van der Waals surface area (Å²) in [5, 5.41) is 0. The van der Waals surface area contributed by atoms with Crippen molar-refractivity contribution in [2.75, 3.05) is 18.0 Å². The van der Waals surface area contributed by atoms with E-state index in [0.717, 1.165) is 37.9 Å². The lowest BCUT2D eigenvalue weighted by molar-refractivity contribution is -0.137. The average molecular weight is 259 g/mol. The fourth-order valence-corrected chi connectivity index (χ4v) is 2.30. The number of anilines is 1. The van der Waals surface area contributed by atoms with Gasteiger partial charge in [0.15, 0.2) is 0 Å². The number of hydrogen-bond donors (Lipinski definition) is 1. The van der Waals surface area contributed by atoms with Crippen LogP contribution in [0.4, 0.5) is 19.0 Å². The molecule has 2 heterocycles. The summed E-state index contributed by atoms with van der Waals surface area (Å²) < 4.78 is 37.9.